The first-order valence-electron chi connectivity index (χ1n) is 7.33. The minimum absolute atomic E-state index is 0.173. The highest BCUT2D eigenvalue weighted by Gasteiger charge is 2.00. The number of carbonyl (C=O) groups excluding carboxylic acids is 1. The zero-order chi connectivity index (χ0) is 13.9. The van der Waals surface area contributed by atoms with Crippen LogP contribution in [0.3, 0.4) is 0 Å². The fourth-order valence-corrected chi connectivity index (χ4v) is 2.01. The molecule has 0 spiro atoms. The maximum absolute atomic E-state index is 11.6. The van der Waals surface area contributed by atoms with Crippen LogP contribution in [0, 0.1) is 0 Å². The predicted octanol–water partition coefficient (Wildman–Crippen LogP) is 3.29. The van der Waals surface area contributed by atoms with Crippen molar-refractivity contribution in [3.05, 3.63) is 29.8 Å². The zero-order valence-electron chi connectivity index (χ0n) is 12.0. The quantitative estimate of drug-likeness (QED) is 0.530. The third-order valence-electron chi connectivity index (χ3n) is 3.22. The molecule has 0 fully saturated rings. The summed E-state index contributed by atoms with van der Waals surface area (Å²) in [5.74, 6) is 0.173. The van der Waals surface area contributed by atoms with E-state index in [1.54, 1.807) is 0 Å². The average molecular weight is 262 g/mol. The highest BCUT2D eigenvalue weighted by atomic mass is 16.1. The Morgan fingerprint density at radius 3 is 2.47 bits per heavy atom. The molecule has 1 aromatic rings. The third kappa shape index (κ3) is 7.50. The number of hydrogen-bond acceptors (Lipinski definition) is 2. The summed E-state index contributed by atoms with van der Waals surface area (Å²) in [5.41, 5.74) is 7.61. The molecule has 3 nitrogen and oxygen atoms in total. The van der Waals surface area contributed by atoms with Gasteiger partial charge < -0.3 is 11.1 Å². The van der Waals surface area contributed by atoms with Crippen LogP contribution in [0.4, 0.5) is 5.69 Å². The van der Waals surface area contributed by atoms with Crippen molar-refractivity contribution < 1.29 is 4.79 Å². The van der Waals surface area contributed by atoms with E-state index in [1.165, 1.54) is 31.2 Å². The Hall–Kier alpha value is -1.51. The fraction of sp³-hybridized carbons (Fsp3) is 0.562. The minimum Gasteiger partial charge on any atom is -0.399 e. The number of amides is 1. The van der Waals surface area contributed by atoms with Gasteiger partial charge in [-0.05, 0) is 30.5 Å². The number of anilines is 1. The van der Waals surface area contributed by atoms with Gasteiger partial charge >= 0.3 is 0 Å². The number of rotatable bonds is 9. The zero-order valence-corrected chi connectivity index (χ0v) is 12.0. The maximum Gasteiger partial charge on any atom is 0.220 e. The molecule has 0 bridgehead atoms. The molecule has 0 saturated heterocycles. The first kappa shape index (κ1) is 15.5. The topological polar surface area (TPSA) is 55.1 Å². The average Bonchev–Trinajstić information content (AvgIpc) is 2.41. The van der Waals surface area contributed by atoms with Gasteiger partial charge in [-0.25, -0.2) is 0 Å². The van der Waals surface area contributed by atoms with E-state index in [1.807, 2.05) is 24.3 Å². The maximum atomic E-state index is 11.6. The lowest BCUT2D eigenvalue weighted by atomic mass is 10.1. The van der Waals surface area contributed by atoms with E-state index < -0.39 is 0 Å². The molecule has 0 aliphatic heterocycles. The van der Waals surface area contributed by atoms with Crippen molar-refractivity contribution in [1.29, 1.82) is 0 Å². The van der Waals surface area contributed by atoms with E-state index in [0.29, 0.717) is 13.0 Å². The van der Waals surface area contributed by atoms with Gasteiger partial charge in [0.05, 0.1) is 0 Å². The van der Waals surface area contributed by atoms with Crippen molar-refractivity contribution >= 4 is 11.6 Å². The Morgan fingerprint density at radius 2 is 1.79 bits per heavy atom. The van der Waals surface area contributed by atoms with E-state index >= 15 is 0 Å². The molecule has 0 atom stereocenters. The van der Waals surface area contributed by atoms with Gasteiger partial charge in [-0.15, -0.1) is 0 Å². The molecule has 1 amide bonds. The summed E-state index contributed by atoms with van der Waals surface area (Å²) in [7, 11) is 0. The largest absolute Gasteiger partial charge is 0.399 e. The minimum atomic E-state index is 0.173. The van der Waals surface area contributed by atoms with Gasteiger partial charge in [0.15, 0.2) is 0 Å². The second-order valence-corrected chi connectivity index (χ2v) is 5.01. The van der Waals surface area contributed by atoms with Gasteiger partial charge in [0.1, 0.15) is 0 Å². The van der Waals surface area contributed by atoms with Crippen molar-refractivity contribution in [3.8, 4) is 0 Å². The van der Waals surface area contributed by atoms with Crippen LogP contribution in [-0.2, 0) is 11.2 Å². The van der Waals surface area contributed by atoms with E-state index in [0.717, 1.165) is 18.5 Å². The molecular weight excluding hydrogens is 236 g/mol. The van der Waals surface area contributed by atoms with Crippen LogP contribution in [0.5, 0.6) is 0 Å². The molecular formula is C16H26N2O. The van der Waals surface area contributed by atoms with Crippen LogP contribution in [-0.4, -0.2) is 12.5 Å². The van der Waals surface area contributed by atoms with Crippen molar-refractivity contribution in [3.63, 3.8) is 0 Å². The van der Waals surface area contributed by atoms with Crippen LogP contribution < -0.4 is 11.1 Å². The van der Waals surface area contributed by atoms with Crippen LogP contribution >= 0.6 is 0 Å². The lowest BCUT2D eigenvalue weighted by Crippen LogP contribution is -2.25. The molecule has 0 heterocycles. The monoisotopic (exact) mass is 262 g/mol. The Bertz CT molecular complexity index is 360. The molecule has 0 saturated carbocycles. The van der Waals surface area contributed by atoms with Crippen molar-refractivity contribution in [2.45, 2.75) is 51.9 Å². The number of nitrogen functional groups attached to an aromatic ring is 1. The van der Waals surface area contributed by atoms with E-state index in [-0.39, 0.29) is 5.91 Å². The van der Waals surface area contributed by atoms with Crippen LogP contribution in [0.25, 0.3) is 0 Å². The summed E-state index contributed by atoms with van der Waals surface area (Å²) in [6.45, 7) is 2.90. The summed E-state index contributed by atoms with van der Waals surface area (Å²) in [6.07, 6.45) is 7.46. The van der Waals surface area contributed by atoms with Gasteiger partial charge in [-0.2, -0.15) is 0 Å². The molecule has 3 heteroatoms. The van der Waals surface area contributed by atoms with Gasteiger partial charge in [-0.3, -0.25) is 4.79 Å². The molecule has 106 valence electrons. The van der Waals surface area contributed by atoms with Crippen molar-refractivity contribution in [1.82, 2.24) is 5.32 Å². The molecule has 0 aliphatic rings. The Labute approximate surface area is 116 Å². The fourth-order valence-electron chi connectivity index (χ4n) is 2.01. The smallest absolute Gasteiger partial charge is 0.220 e. The number of nitrogens with one attached hydrogen (secondary N) is 1. The first-order chi connectivity index (χ1) is 9.22. The highest BCUT2D eigenvalue weighted by Crippen LogP contribution is 2.06. The van der Waals surface area contributed by atoms with Crippen molar-refractivity contribution in [2.24, 2.45) is 0 Å². The molecule has 0 radical (unpaired) electrons. The summed E-state index contributed by atoms with van der Waals surface area (Å²) < 4.78 is 0. The van der Waals surface area contributed by atoms with Crippen molar-refractivity contribution in [2.75, 3.05) is 12.3 Å². The number of nitrogens with two attached hydrogens (primary N) is 1. The number of carbonyl (C=O) groups is 1. The molecule has 1 rings (SSSR count). The molecule has 19 heavy (non-hydrogen) atoms. The van der Waals surface area contributed by atoms with E-state index in [2.05, 4.69) is 12.2 Å². The Kier molecular flexibility index (Phi) is 7.71. The number of unbranched alkanes of at least 4 members (excludes halogenated alkanes) is 4. The van der Waals surface area contributed by atoms with Gasteiger partial charge in [0.2, 0.25) is 5.91 Å². The Balaban J connectivity index is 2.05. The van der Waals surface area contributed by atoms with Gasteiger partial charge in [-0.1, -0.05) is 44.7 Å². The lowest BCUT2D eigenvalue weighted by Gasteiger charge is -2.05. The van der Waals surface area contributed by atoms with Gasteiger partial charge in [0.25, 0.3) is 0 Å². The molecule has 3 N–H and O–H groups in total. The second-order valence-electron chi connectivity index (χ2n) is 5.01. The number of hydrogen-bond donors (Lipinski definition) is 2. The number of benzene rings is 1. The summed E-state index contributed by atoms with van der Waals surface area (Å²) in [4.78, 5) is 11.6. The Morgan fingerprint density at radius 1 is 1.11 bits per heavy atom. The van der Waals surface area contributed by atoms with Crippen LogP contribution in [0.2, 0.25) is 0 Å². The highest BCUT2D eigenvalue weighted by molar-refractivity contribution is 5.75. The second kappa shape index (κ2) is 9.42. The molecule has 1 aromatic carbocycles. The van der Waals surface area contributed by atoms with Crippen LogP contribution in [0.15, 0.2) is 24.3 Å². The molecule has 0 aromatic heterocycles. The van der Waals surface area contributed by atoms with Gasteiger partial charge in [0, 0.05) is 18.7 Å². The summed E-state index contributed by atoms with van der Waals surface area (Å²) >= 11 is 0. The van der Waals surface area contributed by atoms with E-state index in [4.69, 9.17) is 5.73 Å². The predicted molar refractivity (Wildman–Crippen MR) is 80.9 cm³/mol. The molecule has 0 unspecified atom stereocenters. The normalized spacial score (nSPS) is 10.4. The summed E-state index contributed by atoms with van der Waals surface area (Å²) in [6, 6.07) is 7.80. The van der Waals surface area contributed by atoms with Crippen LogP contribution in [0.1, 0.15) is 51.0 Å². The third-order valence-corrected chi connectivity index (χ3v) is 3.22. The summed E-state index contributed by atoms with van der Waals surface area (Å²) in [5, 5.41) is 2.97. The standard InChI is InChI=1S/C16H26N2O/c1-2-3-4-5-6-7-16(19)18-13-12-14-8-10-15(17)11-9-14/h8-11H,2-7,12-13,17H2,1H3,(H,18,19). The lowest BCUT2D eigenvalue weighted by molar-refractivity contribution is -0.121. The molecule has 0 aliphatic carbocycles. The first-order valence-corrected chi connectivity index (χ1v) is 7.33. The SMILES string of the molecule is CCCCCCCC(=O)NCCc1ccc(N)cc1. The van der Waals surface area contributed by atoms with E-state index in [9.17, 15) is 4.79 Å².